The zero-order valence-electron chi connectivity index (χ0n) is 15.3. The smallest absolute Gasteiger partial charge is 0.253 e. The van der Waals surface area contributed by atoms with Crippen LogP contribution in [0.25, 0.3) is 16.9 Å². The minimum atomic E-state index is 0.0840. The van der Waals surface area contributed by atoms with Crippen LogP contribution in [0.1, 0.15) is 23.2 Å². The number of aromatic nitrogens is 2. The summed E-state index contributed by atoms with van der Waals surface area (Å²) in [4.78, 5) is 14.9. The Bertz CT molecular complexity index is 911. The molecule has 1 fully saturated rings. The van der Waals surface area contributed by atoms with Gasteiger partial charge < -0.3 is 10.6 Å². The maximum absolute atomic E-state index is 12.9. The SMILES string of the molecule is NCC1CCN(C(=O)c2cccc(-n3nccc3-c3ccccc3)c2)CC1. The molecule has 0 saturated carbocycles. The quantitative estimate of drug-likeness (QED) is 0.776. The van der Waals surface area contributed by atoms with Crippen molar-refractivity contribution in [3.8, 4) is 16.9 Å². The van der Waals surface area contributed by atoms with E-state index >= 15 is 0 Å². The van der Waals surface area contributed by atoms with E-state index in [1.807, 2.05) is 58.1 Å². The molecule has 1 aliphatic rings. The number of carbonyl (C=O) groups excluding carboxylic acids is 1. The van der Waals surface area contributed by atoms with Crippen molar-refractivity contribution in [1.82, 2.24) is 14.7 Å². The van der Waals surface area contributed by atoms with Crippen LogP contribution in [0.2, 0.25) is 0 Å². The number of rotatable bonds is 4. The molecule has 2 heterocycles. The third-order valence-electron chi connectivity index (χ3n) is 5.29. The van der Waals surface area contributed by atoms with E-state index in [0.29, 0.717) is 18.0 Å². The average molecular weight is 360 g/mol. The van der Waals surface area contributed by atoms with Gasteiger partial charge in [0.15, 0.2) is 0 Å². The van der Waals surface area contributed by atoms with Gasteiger partial charge in [-0.15, -0.1) is 0 Å². The maximum atomic E-state index is 12.9. The summed E-state index contributed by atoms with van der Waals surface area (Å²) in [6.45, 7) is 2.27. The molecule has 1 saturated heterocycles. The summed E-state index contributed by atoms with van der Waals surface area (Å²) in [5.74, 6) is 0.624. The van der Waals surface area contributed by atoms with E-state index < -0.39 is 0 Å². The largest absolute Gasteiger partial charge is 0.339 e. The van der Waals surface area contributed by atoms with Gasteiger partial charge in [-0.05, 0) is 49.6 Å². The van der Waals surface area contributed by atoms with Crippen LogP contribution in [0.3, 0.4) is 0 Å². The second-order valence-corrected chi connectivity index (χ2v) is 7.02. The Morgan fingerprint density at radius 2 is 1.81 bits per heavy atom. The number of benzene rings is 2. The van der Waals surface area contributed by atoms with Crippen molar-refractivity contribution >= 4 is 5.91 Å². The molecule has 0 unspecified atom stereocenters. The maximum Gasteiger partial charge on any atom is 0.253 e. The van der Waals surface area contributed by atoms with Crippen molar-refractivity contribution in [2.75, 3.05) is 19.6 Å². The van der Waals surface area contributed by atoms with Gasteiger partial charge in [0.05, 0.1) is 17.6 Å². The standard InChI is InChI=1S/C22H24N4O/c23-16-17-10-13-25(14-11-17)22(27)19-7-4-8-20(15-19)26-21(9-12-24-26)18-5-2-1-3-6-18/h1-9,12,15,17H,10-11,13-14,16,23H2. The van der Waals surface area contributed by atoms with Crippen LogP contribution in [0.15, 0.2) is 66.9 Å². The number of carbonyl (C=O) groups is 1. The molecule has 2 N–H and O–H groups in total. The van der Waals surface area contributed by atoms with Gasteiger partial charge in [0, 0.05) is 24.2 Å². The highest BCUT2D eigenvalue weighted by molar-refractivity contribution is 5.94. The lowest BCUT2D eigenvalue weighted by atomic mass is 9.96. The number of nitrogens with zero attached hydrogens (tertiary/aromatic N) is 3. The highest BCUT2D eigenvalue weighted by Crippen LogP contribution is 2.24. The monoisotopic (exact) mass is 360 g/mol. The lowest BCUT2D eigenvalue weighted by Crippen LogP contribution is -2.40. The molecular weight excluding hydrogens is 336 g/mol. The molecule has 0 atom stereocenters. The van der Waals surface area contributed by atoms with Gasteiger partial charge in [-0.25, -0.2) is 4.68 Å². The molecule has 1 amide bonds. The Hall–Kier alpha value is -2.92. The zero-order valence-corrected chi connectivity index (χ0v) is 15.3. The Morgan fingerprint density at radius 3 is 2.56 bits per heavy atom. The Kier molecular flexibility index (Phi) is 5.03. The van der Waals surface area contributed by atoms with Crippen LogP contribution in [0.4, 0.5) is 0 Å². The fraction of sp³-hybridized carbons (Fsp3) is 0.273. The van der Waals surface area contributed by atoms with Gasteiger partial charge >= 0.3 is 0 Å². The molecule has 1 aliphatic heterocycles. The van der Waals surface area contributed by atoms with Gasteiger partial charge in [-0.3, -0.25) is 4.79 Å². The van der Waals surface area contributed by atoms with E-state index in [9.17, 15) is 4.79 Å². The molecule has 5 nitrogen and oxygen atoms in total. The highest BCUT2D eigenvalue weighted by Gasteiger charge is 2.23. The predicted molar refractivity (Wildman–Crippen MR) is 107 cm³/mol. The van der Waals surface area contributed by atoms with E-state index in [0.717, 1.165) is 42.9 Å². The Morgan fingerprint density at radius 1 is 1.04 bits per heavy atom. The summed E-state index contributed by atoms with van der Waals surface area (Å²) in [5.41, 5.74) is 9.45. The summed E-state index contributed by atoms with van der Waals surface area (Å²) in [6.07, 6.45) is 3.76. The van der Waals surface area contributed by atoms with Crippen molar-refractivity contribution in [1.29, 1.82) is 0 Å². The molecule has 0 aliphatic carbocycles. The van der Waals surface area contributed by atoms with Crippen molar-refractivity contribution in [2.45, 2.75) is 12.8 Å². The lowest BCUT2D eigenvalue weighted by molar-refractivity contribution is 0.0693. The molecule has 138 valence electrons. The van der Waals surface area contributed by atoms with Gasteiger partial charge in [0.25, 0.3) is 5.91 Å². The normalized spacial score (nSPS) is 15.1. The summed E-state index contributed by atoms with van der Waals surface area (Å²) >= 11 is 0. The number of likely N-dealkylation sites (tertiary alicyclic amines) is 1. The third-order valence-corrected chi connectivity index (χ3v) is 5.29. The molecular formula is C22H24N4O. The van der Waals surface area contributed by atoms with E-state index in [2.05, 4.69) is 17.2 Å². The first-order valence-electron chi connectivity index (χ1n) is 9.45. The van der Waals surface area contributed by atoms with Crippen LogP contribution in [-0.2, 0) is 0 Å². The van der Waals surface area contributed by atoms with Crippen molar-refractivity contribution < 1.29 is 4.79 Å². The van der Waals surface area contributed by atoms with Crippen molar-refractivity contribution in [3.63, 3.8) is 0 Å². The topological polar surface area (TPSA) is 64.2 Å². The second-order valence-electron chi connectivity index (χ2n) is 7.02. The summed E-state index contributed by atoms with van der Waals surface area (Å²) < 4.78 is 1.88. The summed E-state index contributed by atoms with van der Waals surface area (Å²) in [6, 6.07) is 19.8. The number of amides is 1. The van der Waals surface area contributed by atoms with E-state index in [4.69, 9.17) is 5.73 Å². The molecule has 5 heteroatoms. The highest BCUT2D eigenvalue weighted by atomic mass is 16.2. The fourth-order valence-electron chi connectivity index (χ4n) is 3.66. The van der Waals surface area contributed by atoms with E-state index in [1.54, 1.807) is 6.20 Å². The molecule has 0 bridgehead atoms. The third kappa shape index (κ3) is 3.64. The first kappa shape index (κ1) is 17.5. The van der Waals surface area contributed by atoms with E-state index in [-0.39, 0.29) is 5.91 Å². The number of hydrogen-bond acceptors (Lipinski definition) is 3. The molecule has 4 rings (SSSR count). The lowest BCUT2D eigenvalue weighted by Gasteiger charge is -2.31. The minimum absolute atomic E-state index is 0.0840. The van der Waals surface area contributed by atoms with Crippen LogP contribution in [0.5, 0.6) is 0 Å². The van der Waals surface area contributed by atoms with Crippen LogP contribution in [-0.4, -0.2) is 40.2 Å². The van der Waals surface area contributed by atoms with Gasteiger partial charge in [0.2, 0.25) is 0 Å². The molecule has 3 aromatic rings. The number of hydrogen-bond donors (Lipinski definition) is 1. The van der Waals surface area contributed by atoms with E-state index in [1.165, 1.54) is 0 Å². The molecule has 0 radical (unpaired) electrons. The average Bonchev–Trinajstić information content (AvgIpc) is 3.24. The number of nitrogens with two attached hydrogens (primary N) is 1. The van der Waals surface area contributed by atoms with Gasteiger partial charge in [-0.1, -0.05) is 36.4 Å². The summed E-state index contributed by atoms with van der Waals surface area (Å²) in [7, 11) is 0. The van der Waals surface area contributed by atoms with Crippen LogP contribution < -0.4 is 5.73 Å². The molecule has 1 aromatic heterocycles. The first-order valence-corrected chi connectivity index (χ1v) is 9.45. The fourth-order valence-corrected chi connectivity index (χ4v) is 3.66. The molecule has 2 aromatic carbocycles. The van der Waals surface area contributed by atoms with Gasteiger partial charge in [0.1, 0.15) is 0 Å². The van der Waals surface area contributed by atoms with Crippen molar-refractivity contribution in [2.24, 2.45) is 11.7 Å². The Balaban J connectivity index is 1.59. The van der Waals surface area contributed by atoms with Crippen molar-refractivity contribution in [3.05, 3.63) is 72.4 Å². The van der Waals surface area contributed by atoms with Gasteiger partial charge in [-0.2, -0.15) is 5.10 Å². The van der Waals surface area contributed by atoms with Crippen LogP contribution >= 0.6 is 0 Å². The Labute approximate surface area is 159 Å². The molecule has 0 spiro atoms. The van der Waals surface area contributed by atoms with Crippen LogP contribution in [0, 0.1) is 5.92 Å². The first-order chi connectivity index (χ1) is 13.3. The minimum Gasteiger partial charge on any atom is -0.339 e. The number of piperidine rings is 1. The summed E-state index contributed by atoms with van der Waals surface area (Å²) in [5, 5.41) is 4.47. The second kappa shape index (κ2) is 7.76. The molecule has 27 heavy (non-hydrogen) atoms. The predicted octanol–water partition coefficient (Wildman–Crippen LogP) is 3.35. The zero-order chi connectivity index (χ0) is 18.6.